The predicted octanol–water partition coefficient (Wildman–Crippen LogP) is 2.69. The van der Waals surface area contributed by atoms with Gasteiger partial charge in [0, 0.05) is 22.2 Å². The van der Waals surface area contributed by atoms with Crippen molar-refractivity contribution in [3.63, 3.8) is 0 Å². The van der Waals surface area contributed by atoms with E-state index in [2.05, 4.69) is 0 Å². The number of aryl methyl sites for hydroxylation is 1. The molecule has 6 nitrogen and oxygen atoms in total. The molecule has 1 aromatic heterocycles. The molecule has 1 saturated heterocycles. The van der Waals surface area contributed by atoms with Gasteiger partial charge in [0.05, 0.1) is 23.7 Å². The van der Waals surface area contributed by atoms with E-state index in [-0.39, 0.29) is 30.1 Å². The van der Waals surface area contributed by atoms with Crippen LogP contribution >= 0.6 is 11.3 Å². The van der Waals surface area contributed by atoms with Crippen molar-refractivity contribution in [2.24, 2.45) is 0 Å². The van der Waals surface area contributed by atoms with Crippen molar-refractivity contribution < 1.29 is 30.0 Å². The number of phenolic OH excluding ortho intramolecular Hbond substituents is 1. The van der Waals surface area contributed by atoms with Crippen LogP contribution in [-0.2, 0) is 4.74 Å². The second kappa shape index (κ2) is 7.85. The Balaban J connectivity index is 1.74. The van der Waals surface area contributed by atoms with Crippen molar-refractivity contribution in [3.8, 4) is 5.75 Å². The standard InChI is InChI=1S/C22H22O6S/c1-11-6-16(24)15(22-21(27)17(25)8-13(10-23)28-22)9-14(11)20(26)19-7-12-4-2-3-5-18(12)29-19/h2-7,9,13,17,21-25,27H,8,10H2,1H3. The Kier molecular flexibility index (Phi) is 5.42. The summed E-state index contributed by atoms with van der Waals surface area (Å²) in [5.74, 6) is -0.320. The fourth-order valence-corrected chi connectivity index (χ4v) is 4.75. The lowest BCUT2D eigenvalue weighted by atomic mass is 9.90. The number of thiophene rings is 1. The molecule has 4 atom stereocenters. The van der Waals surface area contributed by atoms with Crippen LogP contribution in [-0.4, -0.2) is 51.1 Å². The predicted molar refractivity (Wildman–Crippen MR) is 109 cm³/mol. The zero-order valence-corrected chi connectivity index (χ0v) is 16.6. The number of carbonyl (C=O) groups excluding carboxylic acids is 1. The highest BCUT2D eigenvalue weighted by Crippen LogP contribution is 2.38. The van der Waals surface area contributed by atoms with Gasteiger partial charge in [-0.3, -0.25) is 4.79 Å². The van der Waals surface area contributed by atoms with E-state index in [4.69, 9.17) is 4.74 Å². The first-order valence-electron chi connectivity index (χ1n) is 9.38. The summed E-state index contributed by atoms with van der Waals surface area (Å²) in [6, 6.07) is 12.5. The number of ether oxygens (including phenoxy) is 1. The molecule has 3 aromatic rings. The van der Waals surface area contributed by atoms with Crippen LogP contribution in [0.4, 0.5) is 0 Å². The van der Waals surface area contributed by atoms with Gasteiger partial charge in [-0.15, -0.1) is 11.3 Å². The van der Waals surface area contributed by atoms with Gasteiger partial charge in [-0.2, -0.15) is 0 Å². The molecule has 0 radical (unpaired) electrons. The summed E-state index contributed by atoms with van der Waals surface area (Å²) in [6.45, 7) is 1.41. The number of aliphatic hydroxyl groups is 3. The van der Waals surface area contributed by atoms with E-state index in [9.17, 15) is 25.2 Å². The minimum atomic E-state index is -1.28. The van der Waals surface area contributed by atoms with Crippen molar-refractivity contribution in [1.82, 2.24) is 0 Å². The van der Waals surface area contributed by atoms with Gasteiger partial charge in [0.25, 0.3) is 0 Å². The number of hydrogen-bond acceptors (Lipinski definition) is 7. The third-order valence-electron chi connectivity index (χ3n) is 5.33. The van der Waals surface area contributed by atoms with E-state index in [0.717, 1.165) is 10.1 Å². The molecular weight excluding hydrogens is 392 g/mol. The first-order chi connectivity index (χ1) is 13.9. The summed E-state index contributed by atoms with van der Waals surface area (Å²) in [5.41, 5.74) is 1.20. The summed E-state index contributed by atoms with van der Waals surface area (Å²) in [7, 11) is 0. The average molecular weight is 414 g/mol. The van der Waals surface area contributed by atoms with E-state index in [0.29, 0.717) is 16.0 Å². The largest absolute Gasteiger partial charge is 0.508 e. The summed E-state index contributed by atoms with van der Waals surface area (Å²) >= 11 is 1.39. The lowest BCUT2D eigenvalue weighted by molar-refractivity contribution is -0.180. The minimum absolute atomic E-state index is 0.0916. The number of aromatic hydroxyl groups is 1. The van der Waals surface area contributed by atoms with Crippen molar-refractivity contribution in [3.05, 3.63) is 64.0 Å². The van der Waals surface area contributed by atoms with Crippen molar-refractivity contribution >= 4 is 27.2 Å². The monoisotopic (exact) mass is 414 g/mol. The van der Waals surface area contributed by atoms with Crippen LogP contribution in [0.3, 0.4) is 0 Å². The number of phenols is 1. The second-order valence-corrected chi connectivity index (χ2v) is 8.44. The minimum Gasteiger partial charge on any atom is -0.508 e. The molecule has 152 valence electrons. The van der Waals surface area contributed by atoms with Crippen molar-refractivity contribution in [2.75, 3.05) is 6.61 Å². The Labute approximate surface area is 171 Å². The zero-order chi connectivity index (χ0) is 20.7. The highest BCUT2D eigenvalue weighted by Gasteiger charge is 2.39. The van der Waals surface area contributed by atoms with Gasteiger partial charge in [-0.05, 0) is 42.1 Å². The normalized spacial score (nSPS) is 24.7. The van der Waals surface area contributed by atoms with E-state index in [1.807, 2.05) is 30.3 Å². The molecule has 0 aliphatic carbocycles. The van der Waals surface area contributed by atoms with Gasteiger partial charge in [-0.25, -0.2) is 0 Å². The van der Waals surface area contributed by atoms with Crippen LogP contribution in [0.25, 0.3) is 10.1 Å². The lowest BCUT2D eigenvalue weighted by Gasteiger charge is -2.37. The van der Waals surface area contributed by atoms with Crippen LogP contribution < -0.4 is 0 Å². The van der Waals surface area contributed by atoms with Crippen LogP contribution in [0.2, 0.25) is 0 Å². The Morgan fingerprint density at radius 1 is 1.21 bits per heavy atom. The van der Waals surface area contributed by atoms with E-state index >= 15 is 0 Å². The molecule has 2 heterocycles. The maximum absolute atomic E-state index is 13.2. The van der Waals surface area contributed by atoms with Gasteiger partial charge < -0.3 is 25.2 Å². The van der Waals surface area contributed by atoms with Gasteiger partial charge >= 0.3 is 0 Å². The van der Waals surface area contributed by atoms with Gasteiger partial charge in [0.15, 0.2) is 0 Å². The molecule has 4 rings (SSSR count). The maximum Gasteiger partial charge on any atom is 0.203 e. The number of aliphatic hydroxyl groups excluding tert-OH is 3. The SMILES string of the molecule is Cc1cc(O)c(C2OC(CO)CC(O)C2O)cc1C(=O)c1cc2ccccc2s1. The summed E-state index contributed by atoms with van der Waals surface area (Å²) < 4.78 is 6.69. The molecule has 4 N–H and O–H groups in total. The van der Waals surface area contributed by atoms with Crippen LogP contribution in [0.15, 0.2) is 42.5 Å². The van der Waals surface area contributed by atoms with Crippen molar-refractivity contribution in [1.29, 1.82) is 0 Å². The fraction of sp³-hybridized carbons (Fsp3) is 0.318. The third kappa shape index (κ3) is 3.68. The zero-order valence-electron chi connectivity index (χ0n) is 15.8. The number of fused-ring (bicyclic) bond motifs is 1. The highest BCUT2D eigenvalue weighted by atomic mass is 32.1. The molecule has 7 heteroatoms. The average Bonchev–Trinajstić information content (AvgIpc) is 3.14. The number of rotatable bonds is 4. The summed E-state index contributed by atoms with van der Waals surface area (Å²) in [5, 5.41) is 41.3. The van der Waals surface area contributed by atoms with Gasteiger partial charge in [-0.1, -0.05) is 18.2 Å². The van der Waals surface area contributed by atoms with Crippen LogP contribution in [0, 0.1) is 6.92 Å². The topological polar surface area (TPSA) is 107 Å². The van der Waals surface area contributed by atoms with E-state index in [1.165, 1.54) is 23.5 Å². The van der Waals surface area contributed by atoms with Gasteiger partial charge in [0.2, 0.25) is 5.78 Å². The molecule has 1 fully saturated rings. The molecule has 4 unspecified atom stereocenters. The molecule has 0 spiro atoms. The molecule has 29 heavy (non-hydrogen) atoms. The van der Waals surface area contributed by atoms with E-state index in [1.54, 1.807) is 6.92 Å². The Morgan fingerprint density at radius 2 is 1.97 bits per heavy atom. The molecular formula is C22H22O6S. The molecule has 1 aliphatic rings. The molecule has 0 saturated carbocycles. The number of carbonyl (C=O) groups is 1. The number of hydrogen-bond donors (Lipinski definition) is 4. The number of benzene rings is 2. The van der Waals surface area contributed by atoms with Crippen LogP contribution in [0.5, 0.6) is 5.75 Å². The number of ketones is 1. The maximum atomic E-state index is 13.2. The van der Waals surface area contributed by atoms with Crippen LogP contribution in [0.1, 0.15) is 38.9 Å². The highest BCUT2D eigenvalue weighted by molar-refractivity contribution is 7.21. The first-order valence-corrected chi connectivity index (χ1v) is 10.2. The Bertz CT molecular complexity index is 1030. The fourth-order valence-electron chi connectivity index (χ4n) is 3.74. The first kappa shape index (κ1) is 20.0. The smallest absolute Gasteiger partial charge is 0.203 e. The van der Waals surface area contributed by atoms with Gasteiger partial charge in [0.1, 0.15) is 18.0 Å². The molecule has 2 aromatic carbocycles. The van der Waals surface area contributed by atoms with Crippen molar-refractivity contribution in [2.45, 2.75) is 37.8 Å². The molecule has 0 amide bonds. The lowest BCUT2D eigenvalue weighted by Crippen LogP contribution is -2.44. The second-order valence-electron chi connectivity index (χ2n) is 7.36. The molecule has 0 bridgehead atoms. The Hall–Kier alpha value is -2.29. The Morgan fingerprint density at radius 3 is 2.69 bits per heavy atom. The van der Waals surface area contributed by atoms with E-state index < -0.39 is 24.4 Å². The summed E-state index contributed by atoms with van der Waals surface area (Å²) in [6.07, 6.45) is -4.01. The third-order valence-corrected chi connectivity index (χ3v) is 6.44. The molecule has 1 aliphatic heterocycles. The quantitative estimate of drug-likeness (QED) is 0.489. The summed E-state index contributed by atoms with van der Waals surface area (Å²) in [4.78, 5) is 13.8.